The van der Waals surface area contributed by atoms with Crippen molar-refractivity contribution in [1.29, 1.82) is 0 Å². The van der Waals surface area contributed by atoms with Crippen LogP contribution in [0.3, 0.4) is 0 Å². The van der Waals surface area contributed by atoms with E-state index in [1.165, 1.54) is 12.8 Å². The third-order valence-corrected chi connectivity index (χ3v) is 4.45. The van der Waals surface area contributed by atoms with E-state index in [1.54, 1.807) is 14.2 Å². The van der Waals surface area contributed by atoms with Gasteiger partial charge in [-0.3, -0.25) is 4.79 Å². The van der Waals surface area contributed by atoms with Crippen molar-refractivity contribution in [1.82, 2.24) is 4.90 Å². The molecule has 0 radical (unpaired) electrons. The molecule has 1 aliphatic rings. The summed E-state index contributed by atoms with van der Waals surface area (Å²) in [5, 5.41) is 0. The number of hydrogen-bond acceptors (Lipinski definition) is 4. The number of nitrogens with two attached hydrogens (primary N) is 1. The van der Waals surface area contributed by atoms with Gasteiger partial charge in [0, 0.05) is 33.2 Å². The second-order valence-corrected chi connectivity index (χ2v) is 6.20. The van der Waals surface area contributed by atoms with E-state index in [9.17, 15) is 4.79 Å². The Balaban J connectivity index is 2.40. The molecule has 1 unspecified atom stereocenters. The van der Waals surface area contributed by atoms with E-state index >= 15 is 0 Å². The van der Waals surface area contributed by atoms with Crippen molar-refractivity contribution in [2.75, 3.05) is 34.0 Å². The van der Waals surface area contributed by atoms with Crippen LogP contribution in [-0.2, 0) is 14.3 Å². The maximum Gasteiger partial charge on any atom is 0.222 e. The summed E-state index contributed by atoms with van der Waals surface area (Å²) in [6.07, 6.45) is 6.14. The number of carbonyl (C=O) groups excluding carboxylic acids is 1. The van der Waals surface area contributed by atoms with Crippen molar-refractivity contribution < 1.29 is 14.3 Å². The van der Waals surface area contributed by atoms with Crippen LogP contribution in [0.1, 0.15) is 45.4 Å². The van der Waals surface area contributed by atoms with Crippen LogP contribution in [-0.4, -0.2) is 56.9 Å². The minimum absolute atomic E-state index is 0.0948. The molecule has 1 aliphatic carbocycles. The van der Waals surface area contributed by atoms with E-state index in [4.69, 9.17) is 15.2 Å². The zero-order valence-corrected chi connectivity index (χ0v) is 13.8. The van der Waals surface area contributed by atoms with Crippen molar-refractivity contribution in [2.45, 2.75) is 57.5 Å². The lowest BCUT2D eigenvalue weighted by atomic mass is 9.83. The monoisotopic (exact) mass is 300 g/mol. The van der Waals surface area contributed by atoms with Crippen molar-refractivity contribution in [2.24, 2.45) is 11.7 Å². The Morgan fingerprint density at radius 1 is 1.24 bits per heavy atom. The Bertz CT molecular complexity index is 291. The average Bonchev–Trinajstić information content (AvgIpc) is 2.47. The van der Waals surface area contributed by atoms with Gasteiger partial charge in [0.15, 0.2) is 0 Å². The number of hydrogen-bond donors (Lipinski definition) is 1. The molecule has 0 spiro atoms. The molecule has 0 aliphatic heterocycles. The number of rotatable bonds is 9. The van der Waals surface area contributed by atoms with Crippen LogP contribution < -0.4 is 5.73 Å². The molecule has 1 atom stereocenters. The molecule has 0 bridgehead atoms. The van der Waals surface area contributed by atoms with Crippen LogP contribution in [0.2, 0.25) is 0 Å². The summed E-state index contributed by atoms with van der Waals surface area (Å²) in [5.41, 5.74) is 5.93. The molecule has 2 N–H and O–H groups in total. The van der Waals surface area contributed by atoms with Crippen molar-refractivity contribution in [3.63, 3.8) is 0 Å². The first-order chi connectivity index (χ1) is 10.1. The minimum atomic E-state index is 0.0948. The first kappa shape index (κ1) is 18.4. The van der Waals surface area contributed by atoms with Crippen LogP contribution in [0, 0.1) is 5.92 Å². The minimum Gasteiger partial charge on any atom is -0.383 e. The van der Waals surface area contributed by atoms with Gasteiger partial charge in [0.1, 0.15) is 0 Å². The second kappa shape index (κ2) is 10.1. The molecule has 1 rings (SSSR count). The van der Waals surface area contributed by atoms with Crippen LogP contribution >= 0.6 is 0 Å². The van der Waals surface area contributed by atoms with Crippen molar-refractivity contribution in [3.8, 4) is 0 Å². The summed E-state index contributed by atoms with van der Waals surface area (Å²) < 4.78 is 10.3. The molecular formula is C16H32N2O3. The molecule has 0 heterocycles. The van der Waals surface area contributed by atoms with Gasteiger partial charge in [0.25, 0.3) is 0 Å². The molecule has 0 aromatic heterocycles. The lowest BCUT2D eigenvalue weighted by Crippen LogP contribution is -2.43. The van der Waals surface area contributed by atoms with E-state index < -0.39 is 0 Å². The van der Waals surface area contributed by atoms with Gasteiger partial charge >= 0.3 is 0 Å². The first-order valence-corrected chi connectivity index (χ1v) is 8.11. The predicted molar refractivity (Wildman–Crippen MR) is 84.1 cm³/mol. The molecule has 5 heteroatoms. The third kappa shape index (κ3) is 6.76. The zero-order chi connectivity index (χ0) is 15.7. The third-order valence-electron chi connectivity index (χ3n) is 4.45. The molecule has 5 nitrogen and oxygen atoms in total. The molecule has 1 amide bonds. The summed E-state index contributed by atoms with van der Waals surface area (Å²) >= 11 is 0. The Kier molecular flexibility index (Phi) is 8.88. The second-order valence-electron chi connectivity index (χ2n) is 6.20. The highest BCUT2D eigenvalue weighted by molar-refractivity contribution is 5.76. The summed E-state index contributed by atoms with van der Waals surface area (Å²) in [7, 11) is 3.33. The molecule has 0 aromatic rings. The fraction of sp³-hybridized carbons (Fsp3) is 0.938. The van der Waals surface area contributed by atoms with E-state index in [-0.39, 0.29) is 11.9 Å². The number of carbonyl (C=O) groups is 1. The van der Waals surface area contributed by atoms with Gasteiger partial charge in [-0.15, -0.1) is 0 Å². The topological polar surface area (TPSA) is 64.8 Å². The van der Waals surface area contributed by atoms with Crippen molar-refractivity contribution >= 4 is 5.91 Å². The summed E-state index contributed by atoms with van der Waals surface area (Å²) in [4.78, 5) is 14.4. The maximum absolute atomic E-state index is 12.5. The Labute approximate surface area is 129 Å². The molecular weight excluding hydrogens is 268 g/mol. The quantitative estimate of drug-likeness (QED) is 0.705. The summed E-state index contributed by atoms with van der Waals surface area (Å²) in [5.74, 6) is 0.877. The van der Waals surface area contributed by atoms with Gasteiger partial charge in [-0.05, 0) is 44.9 Å². The Hall–Kier alpha value is -0.650. The van der Waals surface area contributed by atoms with Crippen LogP contribution in [0.5, 0.6) is 0 Å². The molecule has 1 saturated carbocycles. The zero-order valence-electron chi connectivity index (χ0n) is 13.8. The van der Waals surface area contributed by atoms with Gasteiger partial charge < -0.3 is 20.1 Å². The Morgan fingerprint density at radius 3 is 2.48 bits per heavy atom. The normalized spacial score (nSPS) is 23.8. The number of methoxy groups -OCH3 is 2. The first-order valence-electron chi connectivity index (χ1n) is 8.11. The molecule has 21 heavy (non-hydrogen) atoms. The van der Waals surface area contributed by atoms with Crippen molar-refractivity contribution in [3.05, 3.63) is 0 Å². The molecule has 1 fully saturated rings. The number of ether oxygens (including phenoxy) is 2. The predicted octanol–water partition coefficient (Wildman–Crippen LogP) is 1.79. The van der Waals surface area contributed by atoms with Crippen LogP contribution in [0.15, 0.2) is 0 Å². The van der Waals surface area contributed by atoms with E-state index in [0.29, 0.717) is 38.1 Å². The fourth-order valence-electron chi connectivity index (χ4n) is 3.06. The SMILES string of the molecule is COCCN(C(=O)CCC1CCC(N)CC1)C(C)COC. The van der Waals surface area contributed by atoms with Gasteiger partial charge in [-0.1, -0.05) is 0 Å². The van der Waals surface area contributed by atoms with E-state index in [2.05, 4.69) is 0 Å². The lowest BCUT2D eigenvalue weighted by Gasteiger charge is -2.30. The highest BCUT2D eigenvalue weighted by Gasteiger charge is 2.23. The van der Waals surface area contributed by atoms with Gasteiger partial charge in [-0.2, -0.15) is 0 Å². The fourth-order valence-corrected chi connectivity index (χ4v) is 3.06. The summed E-state index contributed by atoms with van der Waals surface area (Å²) in [6, 6.07) is 0.467. The average molecular weight is 300 g/mol. The molecule has 0 saturated heterocycles. The smallest absolute Gasteiger partial charge is 0.222 e. The number of nitrogens with zero attached hydrogens (tertiary/aromatic N) is 1. The van der Waals surface area contributed by atoms with Gasteiger partial charge in [0.05, 0.1) is 19.3 Å². The maximum atomic E-state index is 12.5. The van der Waals surface area contributed by atoms with E-state index in [0.717, 1.165) is 19.3 Å². The van der Waals surface area contributed by atoms with Gasteiger partial charge in [0.2, 0.25) is 5.91 Å². The molecule has 124 valence electrons. The standard InChI is InChI=1S/C16H32N2O3/c1-13(12-21-3)18(10-11-20-2)16(19)9-6-14-4-7-15(17)8-5-14/h13-15H,4-12,17H2,1-3H3. The highest BCUT2D eigenvalue weighted by atomic mass is 16.5. The van der Waals surface area contributed by atoms with Gasteiger partial charge in [-0.25, -0.2) is 0 Å². The lowest BCUT2D eigenvalue weighted by molar-refractivity contribution is -0.135. The largest absolute Gasteiger partial charge is 0.383 e. The highest BCUT2D eigenvalue weighted by Crippen LogP contribution is 2.27. The van der Waals surface area contributed by atoms with E-state index in [1.807, 2.05) is 11.8 Å². The van der Waals surface area contributed by atoms with Crippen LogP contribution in [0.4, 0.5) is 0 Å². The number of amides is 1. The summed E-state index contributed by atoms with van der Waals surface area (Å²) in [6.45, 7) is 3.79. The van der Waals surface area contributed by atoms with Crippen LogP contribution in [0.25, 0.3) is 0 Å². The Morgan fingerprint density at radius 2 is 1.90 bits per heavy atom. The molecule has 0 aromatic carbocycles.